The Kier molecular flexibility index (Phi) is 4.64. The van der Waals surface area contributed by atoms with E-state index in [4.69, 9.17) is 0 Å². The maximum Gasteiger partial charge on any atom is 0.263 e. The molecule has 0 aliphatic heterocycles. The van der Waals surface area contributed by atoms with Crippen molar-refractivity contribution < 1.29 is 13.2 Å². The molecule has 0 saturated carbocycles. The fraction of sp³-hybridized carbons (Fsp3) is 0.176. The number of aromatic nitrogens is 1. The van der Waals surface area contributed by atoms with Gasteiger partial charge in [-0.1, -0.05) is 53.8 Å². The van der Waals surface area contributed by atoms with E-state index < -0.39 is 21.5 Å². The van der Waals surface area contributed by atoms with Gasteiger partial charge in [0.2, 0.25) is 0 Å². The molecule has 124 valence electrons. The van der Waals surface area contributed by atoms with Crippen molar-refractivity contribution in [2.45, 2.75) is 5.75 Å². The van der Waals surface area contributed by atoms with Crippen LogP contribution in [0.1, 0.15) is 5.56 Å². The molecule has 1 amide bonds. The van der Waals surface area contributed by atoms with Gasteiger partial charge in [-0.25, -0.2) is 8.42 Å². The Morgan fingerprint density at radius 3 is 2.46 bits per heavy atom. The molecule has 24 heavy (non-hydrogen) atoms. The first-order valence-corrected chi connectivity index (χ1v) is 9.95. The summed E-state index contributed by atoms with van der Waals surface area (Å²) in [6.07, 6.45) is 0. The van der Waals surface area contributed by atoms with E-state index in [0.29, 0.717) is 10.4 Å². The molecule has 7 heteroatoms. The third-order valence-electron chi connectivity index (χ3n) is 3.51. The smallest absolute Gasteiger partial charge is 0.263 e. The highest BCUT2D eigenvalue weighted by Gasteiger charge is 2.17. The van der Waals surface area contributed by atoms with E-state index in [1.165, 1.54) is 11.3 Å². The van der Waals surface area contributed by atoms with Crippen molar-refractivity contribution in [3.05, 3.63) is 65.0 Å². The highest BCUT2D eigenvalue weighted by Crippen LogP contribution is 2.15. The van der Waals surface area contributed by atoms with Crippen LogP contribution in [0, 0.1) is 0 Å². The van der Waals surface area contributed by atoms with Gasteiger partial charge in [-0.05, 0) is 17.7 Å². The van der Waals surface area contributed by atoms with Crippen molar-refractivity contribution in [2.24, 2.45) is 12.0 Å². The molecule has 1 heterocycles. The highest BCUT2D eigenvalue weighted by atomic mass is 32.2. The zero-order valence-electron chi connectivity index (χ0n) is 13.0. The average molecular weight is 360 g/mol. The summed E-state index contributed by atoms with van der Waals surface area (Å²) in [6, 6.07) is 16.5. The number of para-hydroxylation sites is 1. The fourth-order valence-electron chi connectivity index (χ4n) is 2.39. The Balaban J connectivity index is 1.82. The number of amides is 1. The van der Waals surface area contributed by atoms with Gasteiger partial charge in [-0.15, -0.1) is 0 Å². The number of sulfone groups is 1. The molecule has 0 atom stereocenters. The van der Waals surface area contributed by atoms with Crippen LogP contribution in [0.2, 0.25) is 0 Å². The van der Waals surface area contributed by atoms with Crippen molar-refractivity contribution in [3.63, 3.8) is 0 Å². The molecule has 3 rings (SSSR count). The molecule has 0 aliphatic carbocycles. The molecule has 0 N–H and O–H groups in total. The summed E-state index contributed by atoms with van der Waals surface area (Å²) < 4.78 is 27.1. The lowest BCUT2D eigenvalue weighted by Crippen LogP contribution is -2.20. The third-order valence-corrected chi connectivity index (χ3v) is 6.08. The molecule has 2 aromatic carbocycles. The van der Waals surface area contributed by atoms with Gasteiger partial charge in [-0.3, -0.25) is 4.79 Å². The fourth-order valence-corrected chi connectivity index (χ4v) is 4.67. The first-order valence-electron chi connectivity index (χ1n) is 7.31. The van der Waals surface area contributed by atoms with Crippen LogP contribution in [-0.2, 0) is 27.4 Å². The van der Waals surface area contributed by atoms with Gasteiger partial charge in [0.15, 0.2) is 14.6 Å². The van der Waals surface area contributed by atoms with E-state index in [1.54, 1.807) is 28.8 Å². The van der Waals surface area contributed by atoms with Gasteiger partial charge >= 0.3 is 0 Å². The summed E-state index contributed by atoms with van der Waals surface area (Å²) in [4.78, 5) is 16.6. The number of thiazole rings is 1. The lowest BCUT2D eigenvalue weighted by molar-refractivity contribution is -0.115. The maximum atomic E-state index is 12.2. The Hall–Kier alpha value is -2.25. The standard InChI is InChI=1S/C17H16N2O3S2/c1-19-14-9-5-6-10-15(14)23-17(19)18-16(20)12-24(21,22)11-13-7-3-2-4-8-13/h2-10H,11-12H2,1H3. The van der Waals surface area contributed by atoms with Crippen LogP contribution in [0.25, 0.3) is 10.2 Å². The summed E-state index contributed by atoms with van der Waals surface area (Å²) in [5.41, 5.74) is 1.62. The van der Waals surface area contributed by atoms with Crippen LogP contribution in [-0.4, -0.2) is 24.6 Å². The molecule has 3 aromatic rings. The third kappa shape index (κ3) is 3.80. The van der Waals surface area contributed by atoms with Crippen LogP contribution >= 0.6 is 11.3 Å². The minimum atomic E-state index is -3.54. The molecule has 0 spiro atoms. The number of hydrogen-bond acceptors (Lipinski definition) is 4. The molecular formula is C17H16N2O3S2. The lowest BCUT2D eigenvalue weighted by Gasteiger charge is -2.01. The molecule has 1 aromatic heterocycles. The van der Waals surface area contributed by atoms with Gasteiger partial charge in [-0.2, -0.15) is 4.99 Å². The van der Waals surface area contributed by atoms with Gasteiger partial charge in [0.25, 0.3) is 5.91 Å². The van der Waals surface area contributed by atoms with E-state index in [1.807, 2.05) is 37.4 Å². The quantitative estimate of drug-likeness (QED) is 0.717. The van der Waals surface area contributed by atoms with Crippen molar-refractivity contribution in [1.29, 1.82) is 0 Å². The molecule has 0 aliphatic rings. The monoisotopic (exact) mass is 360 g/mol. The number of benzene rings is 2. The molecule has 0 bridgehead atoms. The van der Waals surface area contributed by atoms with Crippen LogP contribution in [0.15, 0.2) is 59.6 Å². The van der Waals surface area contributed by atoms with E-state index >= 15 is 0 Å². The second-order valence-electron chi connectivity index (χ2n) is 5.43. The Morgan fingerprint density at radius 1 is 1.08 bits per heavy atom. The van der Waals surface area contributed by atoms with Crippen molar-refractivity contribution >= 4 is 37.3 Å². The van der Waals surface area contributed by atoms with E-state index in [0.717, 1.165) is 10.2 Å². The summed E-state index contributed by atoms with van der Waals surface area (Å²) >= 11 is 1.36. The van der Waals surface area contributed by atoms with E-state index in [-0.39, 0.29) is 5.75 Å². The van der Waals surface area contributed by atoms with Gasteiger partial charge in [0.1, 0.15) is 5.75 Å². The van der Waals surface area contributed by atoms with E-state index in [2.05, 4.69) is 4.99 Å². The molecule has 5 nitrogen and oxygen atoms in total. The summed E-state index contributed by atoms with van der Waals surface area (Å²) in [7, 11) is -1.74. The maximum absolute atomic E-state index is 12.2. The lowest BCUT2D eigenvalue weighted by atomic mass is 10.2. The minimum Gasteiger partial charge on any atom is -0.319 e. The van der Waals surface area contributed by atoms with Crippen LogP contribution in [0.3, 0.4) is 0 Å². The molecule has 0 unspecified atom stereocenters. The Bertz CT molecular complexity index is 1050. The normalized spacial score (nSPS) is 12.6. The van der Waals surface area contributed by atoms with Crippen LogP contribution in [0.4, 0.5) is 0 Å². The zero-order valence-corrected chi connectivity index (χ0v) is 14.7. The van der Waals surface area contributed by atoms with Crippen molar-refractivity contribution in [3.8, 4) is 0 Å². The minimum absolute atomic E-state index is 0.159. The van der Waals surface area contributed by atoms with E-state index in [9.17, 15) is 13.2 Å². The topological polar surface area (TPSA) is 68.5 Å². The first kappa shape index (κ1) is 16.6. The predicted molar refractivity (Wildman–Crippen MR) is 95.3 cm³/mol. The number of hydrogen-bond donors (Lipinski definition) is 0. The second-order valence-corrected chi connectivity index (χ2v) is 8.51. The van der Waals surface area contributed by atoms with Crippen molar-refractivity contribution in [1.82, 2.24) is 4.57 Å². The molecule has 0 radical (unpaired) electrons. The van der Waals surface area contributed by atoms with Crippen LogP contribution < -0.4 is 4.80 Å². The van der Waals surface area contributed by atoms with Crippen molar-refractivity contribution in [2.75, 3.05) is 5.75 Å². The SMILES string of the molecule is Cn1c(=NC(=O)CS(=O)(=O)Cc2ccccc2)sc2ccccc21. The zero-order chi connectivity index (χ0) is 17.2. The number of aryl methyl sites for hydroxylation is 1. The number of carbonyl (C=O) groups is 1. The first-order chi connectivity index (χ1) is 11.4. The molecular weight excluding hydrogens is 344 g/mol. The number of rotatable bonds is 4. The number of fused-ring (bicyclic) bond motifs is 1. The molecule has 0 fully saturated rings. The second kappa shape index (κ2) is 6.70. The van der Waals surface area contributed by atoms with Gasteiger partial charge in [0.05, 0.1) is 16.0 Å². The predicted octanol–water partition coefficient (Wildman–Crippen LogP) is 2.28. The summed E-state index contributed by atoms with van der Waals surface area (Å²) in [5.74, 6) is -1.39. The molecule has 0 saturated heterocycles. The Labute approximate surface area is 143 Å². The number of carbonyl (C=O) groups excluding carboxylic acids is 1. The largest absolute Gasteiger partial charge is 0.319 e. The Morgan fingerprint density at radius 2 is 1.75 bits per heavy atom. The highest BCUT2D eigenvalue weighted by molar-refractivity contribution is 7.91. The van der Waals surface area contributed by atoms with Crippen LogP contribution in [0.5, 0.6) is 0 Å². The van der Waals surface area contributed by atoms with Gasteiger partial charge < -0.3 is 4.57 Å². The average Bonchev–Trinajstić information content (AvgIpc) is 2.83. The van der Waals surface area contributed by atoms with Gasteiger partial charge in [0, 0.05) is 7.05 Å². The number of nitrogens with zero attached hydrogens (tertiary/aromatic N) is 2. The summed E-state index contributed by atoms with van der Waals surface area (Å²) in [6.45, 7) is 0. The summed E-state index contributed by atoms with van der Waals surface area (Å²) in [5, 5.41) is 0.